The smallest absolute Gasteiger partial charge is 0.419 e. The molecule has 33 heavy (non-hydrogen) atoms. The normalized spacial score (nSPS) is 18.2. The summed E-state index contributed by atoms with van der Waals surface area (Å²) < 4.78 is 17.9. The average Bonchev–Trinajstić information content (AvgIpc) is 3.15. The highest BCUT2D eigenvalue weighted by molar-refractivity contribution is 6.31. The first-order valence-corrected chi connectivity index (χ1v) is 11.1. The molecule has 9 nitrogen and oxygen atoms in total. The average molecular weight is 472 g/mol. The lowest BCUT2D eigenvalue weighted by atomic mass is 10.1. The van der Waals surface area contributed by atoms with Crippen LogP contribution in [0.3, 0.4) is 0 Å². The lowest BCUT2D eigenvalue weighted by molar-refractivity contribution is -0.142. The number of benzene rings is 2. The van der Waals surface area contributed by atoms with E-state index in [-0.39, 0.29) is 31.3 Å². The number of hydrogen-bond acceptors (Lipinski definition) is 6. The third kappa shape index (κ3) is 4.21. The molecule has 1 saturated heterocycles. The van der Waals surface area contributed by atoms with Gasteiger partial charge in [-0.2, -0.15) is 0 Å². The first-order valence-electron chi connectivity index (χ1n) is 10.7. The molecule has 2 aromatic carbocycles. The van der Waals surface area contributed by atoms with E-state index in [4.69, 9.17) is 25.5 Å². The molecule has 0 spiro atoms. The van der Waals surface area contributed by atoms with Crippen LogP contribution in [0.15, 0.2) is 51.7 Å². The van der Waals surface area contributed by atoms with Gasteiger partial charge in [-0.15, -0.1) is 0 Å². The summed E-state index contributed by atoms with van der Waals surface area (Å²) in [7, 11) is 0. The highest BCUT2D eigenvalue weighted by atomic mass is 35.5. The molecule has 3 heterocycles. The molecule has 0 aliphatic carbocycles. The Hall–Kier alpha value is -3.30. The first-order chi connectivity index (χ1) is 16.0. The van der Waals surface area contributed by atoms with Gasteiger partial charge in [0.1, 0.15) is 5.75 Å². The molecular weight excluding hydrogens is 450 g/mol. The number of nitrogens with zero attached hydrogens (tertiary/aromatic N) is 3. The molecule has 2 amide bonds. The Labute approximate surface area is 194 Å². The molecule has 10 heteroatoms. The van der Waals surface area contributed by atoms with E-state index in [2.05, 4.69) is 0 Å². The first kappa shape index (κ1) is 21.5. The predicted octanol–water partition coefficient (Wildman–Crippen LogP) is 2.29. The number of morpholine rings is 1. The Balaban J connectivity index is 1.36. The number of rotatable bonds is 4. The number of carbonyl (C=O) groups is 2. The topological polar surface area (TPSA) is 94.2 Å². The van der Waals surface area contributed by atoms with E-state index in [0.29, 0.717) is 53.9 Å². The quantitative estimate of drug-likeness (QED) is 0.579. The van der Waals surface area contributed by atoms with E-state index < -0.39 is 11.9 Å². The van der Waals surface area contributed by atoms with E-state index in [1.54, 1.807) is 46.2 Å². The van der Waals surface area contributed by atoms with Gasteiger partial charge in [-0.05, 0) is 24.3 Å². The standard InChI is InChI=1S/C23H22ClN3O6/c24-15-5-6-17-19(13-15)33-23(30)26(17)8-7-21(28)27-14-20(22(29)25-9-11-31-12-10-25)32-18-4-2-1-3-16(18)27/h1-6,13,20H,7-12,14H2. The SMILES string of the molecule is O=C(C1CN(C(=O)CCn2c(=O)oc3cc(Cl)ccc32)c2ccccc2O1)N1CCOCC1. The Morgan fingerprint density at radius 2 is 1.88 bits per heavy atom. The molecule has 0 radical (unpaired) electrons. The van der Waals surface area contributed by atoms with Gasteiger partial charge in [-0.3, -0.25) is 14.2 Å². The van der Waals surface area contributed by atoms with Crippen molar-refractivity contribution in [1.29, 1.82) is 0 Å². The zero-order valence-corrected chi connectivity index (χ0v) is 18.5. The Morgan fingerprint density at radius 3 is 2.70 bits per heavy atom. The van der Waals surface area contributed by atoms with Crippen molar-refractivity contribution >= 4 is 40.2 Å². The van der Waals surface area contributed by atoms with Crippen molar-refractivity contribution in [3.63, 3.8) is 0 Å². The number of amides is 2. The van der Waals surface area contributed by atoms with Crippen LogP contribution in [0.2, 0.25) is 5.02 Å². The van der Waals surface area contributed by atoms with Crippen molar-refractivity contribution in [2.24, 2.45) is 0 Å². The van der Waals surface area contributed by atoms with Gasteiger partial charge in [-0.25, -0.2) is 4.79 Å². The van der Waals surface area contributed by atoms with Crippen LogP contribution in [0.4, 0.5) is 5.69 Å². The van der Waals surface area contributed by atoms with Gasteiger partial charge < -0.3 is 23.7 Å². The number of ether oxygens (including phenoxy) is 2. The van der Waals surface area contributed by atoms with Gasteiger partial charge in [0.15, 0.2) is 11.7 Å². The van der Waals surface area contributed by atoms with Gasteiger partial charge >= 0.3 is 5.76 Å². The molecule has 2 aliphatic heterocycles. The molecule has 1 unspecified atom stereocenters. The summed E-state index contributed by atoms with van der Waals surface area (Å²) in [6.45, 7) is 2.19. The summed E-state index contributed by atoms with van der Waals surface area (Å²) in [4.78, 5) is 41.9. The van der Waals surface area contributed by atoms with Crippen LogP contribution in [-0.4, -0.2) is 60.2 Å². The zero-order valence-electron chi connectivity index (χ0n) is 17.7. The minimum absolute atomic E-state index is 0.0456. The van der Waals surface area contributed by atoms with Gasteiger partial charge in [0.05, 0.1) is 31.0 Å². The molecule has 1 aromatic heterocycles. The molecule has 1 atom stereocenters. The van der Waals surface area contributed by atoms with Gasteiger partial charge in [0, 0.05) is 37.1 Å². The second-order valence-corrected chi connectivity index (χ2v) is 8.33. The summed E-state index contributed by atoms with van der Waals surface area (Å²) in [5.74, 6) is -0.465. The van der Waals surface area contributed by atoms with Crippen molar-refractivity contribution < 1.29 is 23.5 Å². The van der Waals surface area contributed by atoms with E-state index in [9.17, 15) is 14.4 Å². The minimum atomic E-state index is -0.804. The molecule has 3 aromatic rings. The fourth-order valence-electron chi connectivity index (χ4n) is 4.18. The van der Waals surface area contributed by atoms with Crippen LogP contribution >= 0.6 is 11.6 Å². The van der Waals surface area contributed by atoms with Crippen molar-refractivity contribution in [1.82, 2.24) is 9.47 Å². The predicted molar refractivity (Wildman–Crippen MR) is 121 cm³/mol. The molecule has 0 saturated carbocycles. The highest BCUT2D eigenvalue weighted by Crippen LogP contribution is 2.34. The Kier molecular flexibility index (Phi) is 5.82. The number of aromatic nitrogens is 1. The van der Waals surface area contributed by atoms with Crippen LogP contribution in [0.5, 0.6) is 5.75 Å². The number of halogens is 1. The summed E-state index contributed by atoms with van der Waals surface area (Å²) in [6, 6.07) is 12.0. The number of aryl methyl sites for hydroxylation is 1. The van der Waals surface area contributed by atoms with Gasteiger partial charge in [0.25, 0.3) is 5.91 Å². The van der Waals surface area contributed by atoms with Gasteiger partial charge in [0.2, 0.25) is 5.91 Å². The largest absolute Gasteiger partial charge is 0.476 e. The van der Waals surface area contributed by atoms with Crippen molar-refractivity contribution in [2.45, 2.75) is 19.1 Å². The summed E-state index contributed by atoms with van der Waals surface area (Å²) in [5, 5.41) is 0.459. The molecule has 1 fully saturated rings. The number of oxazole rings is 1. The molecule has 5 rings (SSSR count). The van der Waals surface area contributed by atoms with Crippen LogP contribution in [0.25, 0.3) is 11.1 Å². The van der Waals surface area contributed by atoms with E-state index in [1.165, 1.54) is 4.57 Å². The third-order valence-corrected chi connectivity index (χ3v) is 6.09. The number of hydrogen-bond donors (Lipinski definition) is 0. The van der Waals surface area contributed by atoms with E-state index in [0.717, 1.165) is 0 Å². The second kappa shape index (κ2) is 8.92. The summed E-state index contributed by atoms with van der Waals surface area (Å²) in [5.41, 5.74) is 1.54. The fourth-order valence-corrected chi connectivity index (χ4v) is 4.34. The van der Waals surface area contributed by atoms with E-state index in [1.807, 2.05) is 6.07 Å². The number of para-hydroxylation sites is 2. The molecule has 2 aliphatic rings. The highest BCUT2D eigenvalue weighted by Gasteiger charge is 2.36. The van der Waals surface area contributed by atoms with Gasteiger partial charge in [-0.1, -0.05) is 23.7 Å². The van der Waals surface area contributed by atoms with Crippen LogP contribution in [0.1, 0.15) is 6.42 Å². The van der Waals surface area contributed by atoms with Crippen LogP contribution < -0.4 is 15.4 Å². The third-order valence-electron chi connectivity index (χ3n) is 5.85. The molecular formula is C23H22ClN3O6. The number of carbonyl (C=O) groups excluding carboxylic acids is 2. The molecule has 0 N–H and O–H groups in total. The van der Waals surface area contributed by atoms with E-state index >= 15 is 0 Å². The number of anilines is 1. The van der Waals surface area contributed by atoms with Crippen molar-refractivity contribution in [3.05, 3.63) is 58.0 Å². The maximum Gasteiger partial charge on any atom is 0.419 e. The number of fused-ring (bicyclic) bond motifs is 2. The summed E-state index contributed by atoms with van der Waals surface area (Å²) in [6.07, 6.45) is -0.759. The van der Waals surface area contributed by atoms with Crippen LogP contribution in [-0.2, 0) is 20.9 Å². The lowest BCUT2D eigenvalue weighted by Crippen LogP contribution is -2.54. The fraction of sp³-hybridized carbons (Fsp3) is 0.348. The van der Waals surface area contributed by atoms with Crippen molar-refractivity contribution in [2.75, 3.05) is 37.7 Å². The molecule has 172 valence electrons. The van der Waals surface area contributed by atoms with Crippen molar-refractivity contribution in [3.8, 4) is 5.75 Å². The Bertz CT molecular complexity index is 1260. The maximum atomic E-state index is 13.3. The molecule has 0 bridgehead atoms. The lowest BCUT2D eigenvalue weighted by Gasteiger charge is -2.37. The van der Waals surface area contributed by atoms with Crippen LogP contribution in [0, 0.1) is 0 Å². The second-order valence-electron chi connectivity index (χ2n) is 7.90. The summed E-state index contributed by atoms with van der Waals surface area (Å²) >= 11 is 5.97. The zero-order chi connectivity index (χ0) is 22.9. The minimum Gasteiger partial charge on any atom is -0.476 e. The monoisotopic (exact) mass is 471 g/mol. The Morgan fingerprint density at radius 1 is 1.09 bits per heavy atom. The maximum absolute atomic E-state index is 13.3.